The molecule has 0 bridgehead atoms. The van der Waals surface area contributed by atoms with Gasteiger partial charge in [0.05, 0.1) is 28.4 Å². The second kappa shape index (κ2) is 7.66. The Balaban J connectivity index is 2.25. The van der Waals surface area contributed by atoms with Gasteiger partial charge in [-0.1, -0.05) is 0 Å². The third-order valence-corrected chi connectivity index (χ3v) is 3.89. The smallest absolute Gasteiger partial charge is 0.304 e. The number of benzene rings is 1. The summed E-state index contributed by atoms with van der Waals surface area (Å²) in [4.78, 5) is 31.2. The molecular formula is C14H16N4O7. The first kappa shape index (κ1) is 18.3. The predicted octanol–water partition coefficient (Wildman–Crippen LogP) is 1.91. The number of anilines is 1. The van der Waals surface area contributed by atoms with E-state index in [9.17, 15) is 30.1 Å². The third-order valence-electron chi connectivity index (χ3n) is 3.89. The fraction of sp³-hybridized carbons (Fsp3) is 0.429. The highest BCUT2D eigenvalue weighted by Gasteiger charge is 2.28. The Morgan fingerprint density at radius 3 is 2.64 bits per heavy atom. The van der Waals surface area contributed by atoms with Crippen LogP contribution in [0.25, 0.3) is 0 Å². The van der Waals surface area contributed by atoms with E-state index in [1.807, 2.05) is 0 Å². The van der Waals surface area contributed by atoms with Gasteiger partial charge in [0, 0.05) is 17.7 Å². The van der Waals surface area contributed by atoms with Crippen molar-refractivity contribution < 1.29 is 24.9 Å². The summed E-state index contributed by atoms with van der Waals surface area (Å²) in [5, 5.41) is 44.5. The number of nitrogens with zero attached hydrogens (tertiary/aromatic N) is 3. The van der Waals surface area contributed by atoms with Crippen LogP contribution in [0.15, 0.2) is 23.3 Å². The summed E-state index contributed by atoms with van der Waals surface area (Å²) in [6.07, 6.45) is 0.193. The number of aliphatic hydroxyl groups is 1. The molecule has 1 saturated carbocycles. The van der Waals surface area contributed by atoms with Crippen molar-refractivity contribution in [2.45, 2.75) is 31.8 Å². The zero-order valence-electron chi connectivity index (χ0n) is 13.0. The highest BCUT2D eigenvalue weighted by atomic mass is 16.6. The van der Waals surface area contributed by atoms with E-state index in [2.05, 4.69) is 10.5 Å². The fourth-order valence-corrected chi connectivity index (χ4v) is 2.67. The normalized spacial score (nSPS) is 21.7. The molecule has 1 aliphatic carbocycles. The van der Waals surface area contributed by atoms with Gasteiger partial charge in [-0.15, -0.1) is 0 Å². The number of hydrogen-bond acceptors (Lipinski definition) is 8. The first-order valence-corrected chi connectivity index (χ1v) is 7.43. The van der Waals surface area contributed by atoms with E-state index < -0.39 is 39.2 Å². The molecule has 0 amide bonds. The number of carboxylic acids is 1. The van der Waals surface area contributed by atoms with Crippen LogP contribution in [0.2, 0.25) is 0 Å². The Morgan fingerprint density at radius 1 is 1.32 bits per heavy atom. The number of nitrogens with one attached hydrogen (secondary N) is 1. The summed E-state index contributed by atoms with van der Waals surface area (Å²) in [7, 11) is 0. The van der Waals surface area contributed by atoms with Gasteiger partial charge < -0.3 is 10.2 Å². The molecule has 0 radical (unpaired) electrons. The van der Waals surface area contributed by atoms with Gasteiger partial charge in [0.1, 0.15) is 5.69 Å². The molecule has 134 valence electrons. The van der Waals surface area contributed by atoms with Crippen LogP contribution < -0.4 is 5.43 Å². The Morgan fingerprint density at radius 2 is 2.04 bits per heavy atom. The van der Waals surface area contributed by atoms with Crippen LogP contribution in [-0.2, 0) is 4.79 Å². The van der Waals surface area contributed by atoms with Crippen LogP contribution in [0.4, 0.5) is 17.1 Å². The first-order valence-electron chi connectivity index (χ1n) is 7.43. The minimum atomic E-state index is -1.03. The second-order valence-electron chi connectivity index (χ2n) is 5.65. The summed E-state index contributed by atoms with van der Waals surface area (Å²) in [5.74, 6) is -1.51. The van der Waals surface area contributed by atoms with Crippen LogP contribution in [0.3, 0.4) is 0 Å². The average Bonchev–Trinajstić information content (AvgIpc) is 2.53. The summed E-state index contributed by atoms with van der Waals surface area (Å²) in [6, 6.07) is 3.10. The van der Waals surface area contributed by atoms with Gasteiger partial charge in [-0.3, -0.25) is 30.4 Å². The van der Waals surface area contributed by atoms with Crippen molar-refractivity contribution >= 4 is 28.7 Å². The van der Waals surface area contributed by atoms with Crippen LogP contribution in [-0.4, -0.2) is 37.8 Å². The highest BCUT2D eigenvalue weighted by molar-refractivity contribution is 5.91. The van der Waals surface area contributed by atoms with Crippen LogP contribution in [0.5, 0.6) is 0 Å². The standard InChI is InChI=1S/C14H16N4O7/c19-10-2-4-11(8(5-10)6-14(20)21)15-16-12-3-1-9(17(22)23)7-13(12)18(24)25/h1,3,7-8,10,16,19H,2,4-6H2,(H,20,21)/b15-11-/t8-,10-/m1/s1. The van der Waals surface area contributed by atoms with Gasteiger partial charge in [-0.25, -0.2) is 0 Å². The van der Waals surface area contributed by atoms with Crippen molar-refractivity contribution in [3.63, 3.8) is 0 Å². The van der Waals surface area contributed by atoms with E-state index in [0.29, 0.717) is 18.6 Å². The molecule has 2 rings (SSSR count). The highest BCUT2D eigenvalue weighted by Crippen LogP contribution is 2.30. The molecule has 2 atom stereocenters. The van der Waals surface area contributed by atoms with Gasteiger partial charge in [0.25, 0.3) is 5.69 Å². The SMILES string of the molecule is O=C(O)C[C@H]1C[C@H](O)CC/C1=N/Nc1ccc([N+](=O)[O-])cc1[N+](=O)[O-]. The number of carboxylic acid groups (broad SMARTS) is 1. The monoisotopic (exact) mass is 352 g/mol. The van der Waals surface area contributed by atoms with Crippen molar-refractivity contribution in [3.05, 3.63) is 38.4 Å². The molecule has 1 aromatic carbocycles. The minimum Gasteiger partial charge on any atom is -0.481 e. The number of aliphatic hydroxyl groups excluding tert-OH is 1. The quantitative estimate of drug-likeness (QED) is 0.515. The zero-order valence-corrected chi connectivity index (χ0v) is 13.0. The molecule has 11 nitrogen and oxygen atoms in total. The minimum absolute atomic E-state index is 0.0386. The maximum Gasteiger partial charge on any atom is 0.304 e. The average molecular weight is 352 g/mol. The molecule has 11 heteroatoms. The lowest BCUT2D eigenvalue weighted by molar-refractivity contribution is -0.393. The molecule has 1 fully saturated rings. The van der Waals surface area contributed by atoms with Gasteiger partial charge >= 0.3 is 11.7 Å². The van der Waals surface area contributed by atoms with Gasteiger partial charge in [0.2, 0.25) is 0 Å². The van der Waals surface area contributed by atoms with Crippen LogP contribution in [0, 0.1) is 26.1 Å². The van der Waals surface area contributed by atoms with E-state index in [1.54, 1.807) is 0 Å². The number of nitro benzene ring substituents is 2. The number of rotatable bonds is 6. The number of hydrogen-bond donors (Lipinski definition) is 3. The molecule has 3 N–H and O–H groups in total. The van der Waals surface area contributed by atoms with Gasteiger partial charge in [0.15, 0.2) is 0 Å². The van der Waals surface area contributed by atoms with Crippen molar-refractivity contribution in [1.82, 2.24) is 0 Å². The van der Waals surface area contributed by atoms with Crippen molar-refractivity contribution in [1.29, 1.82) is 0 Å². The van der Waals surface area contributed by atoms with E-state index in [0.717, 1.165) is 12.1 Å². The van der Waals surface area contributed by atoms with Crippen LogP contribution >= 0.6 is 0 Å². The summed E-state index contributed by atoms with van der Waals surface area (Å²) in [6.45, 7) is 0. The maximum atomic E-state index is 11.1. The number of hydrazone groups is 1. The summed E-state index contributed by atoms with van der Waals surface area (Å²) < 4.78 is 0. The van der Waals surface area contributed by atoms with Crippen molar-refractivity contribution in [2.24, 2.45) is 11.0 Å². The lowest BCUT2D eigenvalue weighted by Gasteiger charge is -2.26. The molecule has 25 heavy (non-hydrogen) atoms. The lowest BCUT2D eigenvalue weighted by atomic mass is 9.83. The van der Waals surface area contributed by atoms with Crippen molar-refractivity contribution in [3.8, 4) is 0 Å². The Kier molecular flexibility index (Phi) is 5.60. The molecule has 0 aromatic heterocycles. The fourth-order valence-electron chi connectivity index (χ4n) is 2.67. The van der Waals surface area contributed by atoms with Gasteiger partial charge in [-0.2, -0.15) is 5.10 Å². The number of aliphatic carboxylic acids is 1. The van der Waals surface area contributed by atoms with E-state index >= 15 is 0 Å². The lowest BCUT2D eigenvalue weighted by Crippen LogP contribution is -2.30. The van der Waals surface area contributed by atoms with E-state index in [1.165, 1.54) is 6.07 Å². The third kappa shape index (κ3) is 4.70. The largest absolute Gasteiger partial charge is 0.481 e. The molecule has 0 unspecified atom stereocenters. The molecule has 0 saturated heterocycles. The molecule has 1 aliphatic rings. The number of nitro groups is 2. The Bertz CT molecular complexity index is 734. The summed E-state index contributed by atoms with van der Waals surface area (Å²) in [5.41, 5.74) is 2.01. The maximum absolute atomic E-state index is 11.1. The van der Waals surface area contributed by atoms with Crippen molar-refractivity contribution in [2.75, 3.05) is 5.43 Å². The molecule has 0 heterocycles. The zero-order chi connectivity index (χ0) is 18.6. The van der Waals surface area contributed by atoms with E-state index in [4.69, 9.17) is 5.11 Å². The van der Waals surface area contributed by atoms with Gasteiger partial charge in [-0.05, 0) is 25.3 Å². The molecule has 1 aromatic rings. The van der Waals surface area contributed by atoms with E-state index in [-0.39, 0.29) is 18.5 Å². The molecule has 0 spiro atoms. The van der Waals surface area contributed by atoms with Crippen LogP contribution in [0.1, 0.15) is 25.7 Å². The number of carbonyl (C=O) groups is 1. The first-order chi connectivity index (χ1) is 11.8. The Hall–Kier alpha value is -3.08. The Labute approximate surface area is 141 Å². The topological polar surface area (TPSA) is 168 Å². The second-order valence-corrected chi connectivity index (χ2v) is 5.65. The predicted molar refractivity (Wildman–Crippen MR) is 86.4 cm³/mol. The summed E-state index contributed by atoms with van der Waals surface area (Å²) >= 11 is 0. The number of non-ortho nitro benzene ring substituents is 1. The molecule has 0 aliphatic heterocycles. The molecular weight excluding hydrogens is 336 g/mol.